The number of nitrogens with zero attached hydrogens (tertiary/aromatic N) is 2. The number of nitrogens with one attached hydrogen (secondary N) is 3. The van der Waals surface area contributed by atoms with E-state index in [0.29, 0.717) is 23.1 Å². The van der Waals surface area contributed by atoms with Crippen LogP contribution in [0.25, 0.3) is 0 Å². The zero-order valence-corrected chi connectivity index (χ0v) is 19.0. The number of allylic oxidation sites excluding steroid dienone is 1. The number of aromatic nitrogens is 1. The van der Waals surface area contributed by atoms with Crippen molar-refractivity contribution >= 4 is 11.6 Å². The Bertz CT molecular complexity index is 855. The molecule has 170 valence electrons. The van der Waals surface area contributed by atoms with Crippen molar-refractivity contribution in [3.63, 3.8) is 0 Å². The molecule has 0 bridgehead atoms. The Labute approximate surface area is 184 Å². The molecule has 1 fully saturated rings. The zero-order valence-electron chi connectivity index (χ0n) is 19.0. The lowest BCUT2D eigenvalue weighted by molar-refractivity contribution is 0.0880. The summed E-state index contributed by atoms with van der Waals surface area (Å²) in [5, 5.41) is 28.1. The molecule has 3 rings (SSSR count). The lowest BCUT2D eigenvalue weighted by atomic mass is 9.91. The monoisotopic (exact) mass is 429 g/mol. The normalized spacial score (nSPS) is 23.7. The van der Waals surface area contributed by atoms with Crippen LogP contribution in [-0.2, 0) is 0 Å². The van der Waals surface area contributed by atoms with Crippen LogP contribution in [0.3, 0.4) is 0 Å². The molecule has 0 spiro atoms. The van der Waals surface area contributed by atoms with Crippen molar-refractivity contribution in [3.8, 4) is 0 Å². The van der Waals surface area contributed by atoms with Crippen molar-refractivity contribution in [2.24, 2.45) is 23.7 Å². The van der Waals surface area contributed by atoms with Crippen LogP contribution in [0.15, 0.2) is 41.6 Å². The first-order chi connectivity index (χ1) is 14.8. The molecule has 1 saturated carbocycles. The van der Waals surface area contributed by atoms with Crippen molar-refractivity contribution in [3.05, 3.63) is 47.2 Å². The van der Waals surface area contributed by atoms with E-state index in [9.17, 15) is 15.0 Å². The summed E-state index contributed by atoms with van der Waals surface area (Å²) in [6.07, 6.45) is 5.30. The SMILES string of the molecule is CC1C([C@H](C)C2=CC(Nc3ccncc3C(=O)NC(CO)CO)=C(N(C)C)NC2)[C@H]1C. The molecule has 0 aromatic carbocycles. The fourth-order valence-electron chi connectivity index (χ4n) is 4.47. The third-order valence-electron chi connectivity index (χ3n) is 6.67. The van der Waals surface area contributed by atoms with Crippen molar-refractivity contribution in [2.75, 3.05) is 39.2 Å². The number of amides is 1. The van der Waals surface area contributed by atoms with Gasteiger partial charge in [-0.05, 0) is 41.4 Å². The van der Waals surface area contributed by atoms with E-state index in [2.05, 4.69) is 47.8 Å². The number of dihydropyridines is 1. The van der Waals surface area contributed by atoms with Gasteiger partial charge in [0.25, 0.3) is 5.91 Å². The molecule has 31 heavy (non-hydrogen) atoms. The topological polar surface area (TPSA) is 110 Å². The van der Waals surface area contributed by atoms with Gasteiger partial charge in [0, 0.05) is 33.0 Å². The number of aliphatic hydroxyl groups excluding tert-OH is 2. The number of carbonyl (C=O) groups excluding carboxylic acids is 1. The Hall–Kier alpha value is -2.58. The molecule has 4 atom stereocenters. The van der Waals surface area contributed by atoms with Gasteiger partial charge in [0.15, 0.2) is 0 Å². The molecule has 2 heterocycles. The summed E-state index contributed by atoms with van der Waals surface area (Å²) in [4.78, 5) is 18.8. The van der Waals surface area contributed by atoms with E-state index in [4.69, 9.17) is 0 Å². The van der Waals surface area contributed by atoms with Gasteiger partial charge in [-0.1, -0.05) is 20.8 Å². The first-order valence-electron chi connectivity index (χ1n) is 10.9. The number of hydrogen-bond donors (Lipinski definition) is 5. The predicted octanol–water partition coefficient (Wildman–Crippen LogP) is 1.37. The summed E-state index contributed by atoms with van der Waals surface area (Å²) >= 11 is 0. The van der Waals surface area contributed by atoms with Gasteiger partial charge in [-0.25, -0.2) is 0 Å². The molecule has 2 aliphatic rings. The highest BCUT2D eigenvalue weighted by atomic mass is 16.3. The van der Waals surface area contributed by atoms with Crippen molar-refractivity contribution in [1.82, 2.24) is 20.5 Å². The molecule has 1 aromatic rings. The number of anilines is 1. The average molecular weight is 430 g/mol. The fourth-order valence-corrected chi connectivity index (χ4v) is 4.47. The second kappa shape index (κ2) is 9.70. The van der Waals surface area contributed by atoms with Crippen LogP contribution in [0, 0.1) is 23.7 Å². The maximum Gasteiger partial charge on any atom is 0.255 e. The minimum absolute atomic E-state index is 0.340. The maximum absolute atomic E-state index is 12.7. The Balaban J connectivity index is 1.88. The highest BCUT2D eigenvalue weighted by Gasteiger charge is 2.47. The Morgan fingerprint density at radius 1 is 1.29 bits per heavy atom. The van der Waals surface area contributed by atoms with Crippen LogP contribution in [0.5, 0.6) is 0 Å². The number of pyridine rings is 1. The fraction of sp³-hybridized carbons (Fsp3) is 0.565. The van der Waals surface area contributed by atoms with Gasteiger partial charge < -0.3 is 31.1 Å². The van der Waals surface area contributed by atoms with E-state index in [1.54, 1.807) is 12.3 Å². The molecule has 8 nitrogen and oxygen atoms in total. The highest BCUT2D eigenvalue weighted by Crippen LogP contribution is 2.52. The van der Waals surface area contributed by atoms with Crippen LogP contribution < -0.4 is 16.0 Å². The lowest BCUT2D eigenvalue weighted by Crippen LogP contribution is -2.40. The Kier molecular flexibility index (Phi) is 7.23. The molecule has 1 aromatic heterocycles. The first kappa shape index (κ1) is 23.1. The zero-order chi connectivity index (χ0) is 22.7. The van der Waals surface area contributed by atoms with Gasteiger partial charge >= 0.3 is 0 Å². The smallest absolute Gasteiger partial charge is 0.255 e. The number of hydrogen-bond acceptors (Lipinski definition) is 7. The second-order valence-electron chi connectivity index (χ2n) is 8.90. The molecule has 1 aliphatic heterocycles. The third kappa shape index (κ3) is 5.02. The highest BCUT2D eigenvalue weighted by molar-refractivity contribution is 5.99. The summed E-state index contributed by atoms with van der Waals surface area (Å²) < 4.78 is 0. The minimum Gasteiger partial charge on any atom is -0.394 e. The molecule has 1 aliphatic carbocycles. The van der Waals surface area contributed by atoms with Crippen molar-refractivity contribution < 1.29 is 15.0 Å². The van der Waals surface area contributed by atoms with E-state index in [1.165, 1.54) is 11.8 Å². The second-order valence-corrected chi connectivity index (χ2v) is 8.90. The first-order valence-corrected chi connectivity index (χ1v) is 10.9. The number of aliphatic hydroxyl groups is 2. The predicted molar refractivity (Wildman–Crippen MR) is 121 cm³/mol. The van der Waals surface area contributed by atoms with Crippen LogP contribution in [0.2, 0.25) is 0 Å². The molecular formula is C23H35N5O3. The standard InChI is InChI=1S/C23H35N5O3/c1-13-14(2)21(13)15(3)16-8-20(22(25-9-16)28(4)5)27-19-6-7-24-10-18(19)23(31)26-17(11-29)12-30/h6-8,10,13-15,17,21,25,29-30H,9,11-12H2,1-5H3,(H,24,27)(H,26,31)/t13-,14?,15+,21?/m0/s1. The van der Waals surface area contributed by atoms with Crippen molar-refractivity contribution in [1.29, 1.82) is 0 Å². The van der Waals surface area contributed by atoms with Crippen LogP contribution in [0.4, 0.5) is 5.69 Å². The summed E-state index contributed by atoms with van der Waals surface area (Å²) in [7, 11) is 3.95. The summed E-state index contributed by atoms with van der Waals surface area (Å²) in [6, 6.07) is 1.03. The van der Waals surface area contributed by atoms with E-state index >= 15 is 0 Å². The van der Waals surface area contributed by atoms with Gasteiger partial charge in [0.05, 0.1) is 36.2 Å². The molecule has 0 radical (unpaired) electrons. The molecular weight excluding hydrogens is 394 g/mol. The summed E-state index contributed by atoms with van der Waals surface area (Å²) in [5.41, 5.74) is 3.18. The van der Waals surface area contributed by atoms with Crippen LogP contribution in [-0.4, -0.2) is 65.9 Å². The summed E-state index contributed by atoms with van der Waals surface area (Å²) in [5.74, 6) is 3.21. The van der Waals surface area contributed by atoms with Gasteiger partial charge in [0.1, 0.15) is 5.82 Å². The lowest BCUT2D eigenvalue weighted by Gasteiger charge is -2.30. The van der Waals surface area contributed by atoms with Gasteiger partial charge in [-0.2, -0.15) is 0 Å². The van der Waals surface area contributed by atoms with Crippen LogP contribution >= 0.6 is 0 Å². The van der Waals surface area contributed by atoms with Crippen molar-refractivity contribution in [2.45, 2.75) is 26.8 Å². The molecule has 5 N–H and O–H groups in total. The average Bonchev–Trinajstić information content (AvgIpc) is 3.36. The van der Waals surface area contributed by atoms with Gasteiger partial charge in [-0.15, -0.1) is 0 Å². The Morgan fingerprint density at radius 2 is 1.97 bits per heavy atom. The molecule has 1 amide bonds. The largest absolute Gasteiger partial charge is 0.394 e. The number of carbonyl (C=O) groups is 1. The Morgan fingerprint density at radius 3 is 2.55 bits per heavy atom. The molecule has 2 unspecified atom stereocenters. The van der Waals surface area contributed by atoms with Crippen LogP contribution in [0.1, 0.15) is 31.1 Å². The maximum atomic E-state index is 12.7. The number of rotatable bonds is 9. The van der Waals surface area contributed by atoms with Gasteiger partial charge in [-0.3, -0.25) is 9.78 Å². The minimum atomic E-state index is -0.719. The summed E-state index contributed by atoms with van der Waals surface area (Å²) in [6.45, 7) is 7.05. The molecule has 0 saturated heterocycles. The molecule has 8 heteroatoms. The van der Waals surface area contributed by atoms with E-state index < -0.39 is 11.9 Å². The van der Waals surface area contributed by atoms with E-state index in [-0.39, 0.29) is 13.2 Å². The quantitative estimate of drug-likeness (QED) is 0.403. The van der Waals surface area contributed by atoms with E-state index in [1.807, 2.05) is 19.0 Å². The third-order valence-corrected chi connectivity index (χ3v) is 6.67. The van der Waals surface area contributed by atoms with Gasteiger partial charge in [0.2, 0.25) is 0 Å². The van der Waals surface area contributed by atoms with E-state index in [0.717, 1.165) is 29.9 Å².